The maximum Gasteiger partial charge on any atom is 0.264 e. The van der Waals surface area contributed by atoms with E-state index in [0.29, 0.717) is 30.6 Å². The van der Waals surface area contributed by atoms with Crippen LogP contribution in [0.4, 0.5) is 5.69 Å². The number of thioether (sulfide) groups is 1. The minimum Gasteiger partial charge on any atom is -0.368 e. The van der Waals surface area contributed by atoms with Crippen LogP contribution in [-0.2, 0) is 24.2 Å². The van der Waals surface area contributed by atoms with E-state index in [0.717, 1.165) is 54.6 Å². The van der Waals surface area contributed by atoms with Crippen LogP contribution in [-0.4, -0.2) is 61.9 Å². The molecule has 204 valence electrons. The van der Waals surface area contributed by atoms with Crippen LogP contribution in [0.3, 0.4) is 0 Å². The molecule has 0 unspecified atom stereocenters. The first kappa shape index (κ1) is 25.3. The Morgan fingerprint density at radius 3 is 2.40 bits per heavy atom. The van der Waals surface area contributed by atoms with Gasteiger partial charge in [-0.25, -0.2) is 4.40 Å². The number of aryl methyl sites for hydroxylation is 2. The number of hydrogen-bond acceptors (Lipinski definition) is 7. The Bertz CT molecular complexity index is 1740. The number of piperazine rings is 1. The van der Waals surface area contributed by atoms with Crippen LogP contribution in [0.2, 0.25) is 0 Å². The third-order valence-electron chi connectivity index (χ3n) is 7.93. The summed E-state index contributed by atoms with van der Waals surface area (Å²) in [5.74, 6) is 0.927. The number of rotatable bonds is 6. The fraction of sp³-hybridized carbons (Fsp3) is 0.333. The minimum atomic E-state index is 0.00191. The number of fused-ring (bicyclic) bond motifs is 5. The van der Waals surface area contributed by atoms with Gasteiger partial charge in [-0.1, -0.05) is 60.3 Å². The number of para-hydroxylation sites is 1. The first-order valence-electron chi connectivity index (χ1n) is 13.8. The molecule has 8 nitrogen and oxygen atoms in total. The molecule has 0 bridgehead atoms. The van der Waals surface area contributed by atoms with Gasteiger partial charge in [-0.3, -0.25) is 14.2 Å². The third kappa shape index (κ3) is 4.58. The normalized spacial score (nSPS) is 15.6. The zero-order valence-electron chi connectivity index (χ0n) is 22.2. The van der Waals surface area contributed by atoms with Gasteiger partial charge in [0, 0.05) is 36.7 Å². The maximum atomic E-state index is 13.9. The van der Waals surface area contributed by atoms with Gasteiger partial charge in [0.15, 0.2) is 5.16 Å². The molecule has 2 aliphatic rings. The zero-order chi connectivity index (χ0) is 27.1. The quantitative estimate of drug-likeness (QED) is 0.281. The molecule has 4 heterocycles. The molecule has 2 aromatic carbocycles. The van der Waals surface area contributed by atoms with E-state index in [9.17, 15) is 9.59 Å². The van der Waals surface area contributed by atoms with Crippen molar-refractivity contribution in [3.63, 3.8) is 0 Å². The van der Waals surface area contributed by atoms with E-state index in [1.165, 1.54) is 27.9 Å². The van der Waals surface area contributed by atoms with Crippen molar-refractivity contribution < 1.29 is 4.79 Å². The average molecular weight is 571 g/mol. The van der Waals surface area contributed by atoms with Gasteiger partial charge in [0.1, 0.15) is 4.83 Å². The number of hydrogen-bond donors (Lipinski definition) is 0. The summed E-state index contributed by atoms with van der Waals surface area (Å²) in [6, 6.07) is 20.3. The van der Waals surface area contributed by atoms with E-state index in [-0.39, 0.29) is 17.2 Å². The fourth-order valence-electron chi connectivity index (χ4n) is 5.84. The molecule has 3 aromatic heterocycles. The summed E-state index contributed by atoms with van der Waals surface area (Å²) < 4.78 is 3.77. The van der Waals surface area contributed by atoms with Crippen molar-refractivity contribution in [3.8, 4) is 0 Å². The van der Waals surface area contributed by atoms with Gasteiger partial charge < -0.3 is 9.80 Å². The largest absolute Gasteiger partial charge is 0.368 e. The lowest BCUT2D eigenvalue weighted by Crippen LogP contribution is -2.49. The topological polar surface area (TPSA) is 75.7 Å². The van der Waals surface area contributed by atoms with E-state index >= 15 is 0 Å². The van der Waals surface area contributed by atoms with Crippen LogP contribution in [0, 0.1) is 0 Å². The number of anilines is 1. The second-order valence-corrected chi connectivity index (χ2v) is 12.4. The first-order valence-corrected chi connectivity index (χ1v) is 15.6. The number of carbonyl (C=O) groups is 1. The van der Waals surface area contributed by atoms with Gasteiger partial charge in [-0.05, 0) is 48.9 Å². The van der Waals surface area contributed by atoms with Crippen molar-refractivity contribution >= 4 is 50.7 Å². The Morgan fingerprint density at radius 2 is 1.62 bits per heavy atom. The van der Waals surface area contributed by atoms with E-state index in [4.69, 9.17) is 0 Å². The number of aromatic nitrogens is 4. The summed E-state index contributed by atoms with van der Waals surface area (Å²) in [4.78, 5) is 33.6. The highest BCUT2D eigenvalue weighted by Crippen LogP contribution is 2.36. The summed E-state index contributed by atoms with van der Waals surface area (Å²) in [6.45, 7) is 3.47. The van der Waals surface area contributed by atoms with Crippen molar-refractivity contribution in [2.45, 2.75) is 37.4 Å². The predicted octanol–water partition coefficient (Wildman–Crippen LogP) is 4.47. The molecule has 40 heavy (non-hydrogen) atoms. The Kier molecular flexibility index (Phi) is 6.81. The Morgan fingerprint density at radius 1 is 0.900 bits per heavy atom. The van der Waals surface area contributed by atoms with Crippen molar-refractivity contribution in [3.05, 3.63) is 87.0 Å². The molecule has 0 N–H and O–H groups in total. The van der Waals surface area contributed by atoms with Gasteiger partial charge in [0.25, 0.3) is 5.56 Å². The Labute approximate surface area is 240 Å². The van der Waals surface area contributed by atoms with Gasteiger partial charge in [-0.2, -0.15) is 0 Å². The second-order valence-electron chi connectivity index (χ2n) is 10.4. The number of amides is 1. The highest BCUT2D eigenvalue weighted by Gasteiger charge is 2.26. The SMILES string of the molecule is O=C(CSc1nnc2n(Cc3ccccc3)c(=O)c3c4c(sc3n12)CCCC4)N1CCN(c2ccccc2)CC1. The van der Waals surface area contributed by atoms with Crippen molar-refractivity contribution in [1.82, 2.24) is 24.1 Å². The number of nitrogens with zero attached hydrogens (tertiary/aromatic N) is 6. The minimum absolute atomic E-state index is 0.00191. The maximum absolute atomic E-state index is 13.9. The number of benzene rings is 2. The summed E-state index contributed by atoms with van der Waals surface area (Å²) >= 11 is 3.11. The molecular weight excluding hydrogens is 541 g/mol. The first-order chi connectivity index (χ1) is 19.7. The van der Waals surface area contributed by atoms with Crippen LogP contribution in [0.15, 0.2) is 70.6 Å². The molecule has 1 saturated heterocycles. The van der Waals surface area contributed by atoms with E-state index < -0.39 is 0 Å². The molecule has 0 spiro atoms. The average Bonchev–Trinajstić information content (AvgIpc) is 3.61. The number of thiophene rings is 1. The van der Waals surface area contributed by atoms with E-state index in [2.05, 4.69) is 27.2 Å². The summed E-state index contributed by atoms with van der Waals surface area (Å²) in [7, 11) is 0. The van der Waals surface area contributed by atoms with Crippen LogP contribution in [0.25, 0.3) is 16.0 Å². The molecule has 0 saturated carbocycles. The lowest BCUT2D eigenvalue weighted by Gasteiger charge is -2.36. The Balaban J connectivity index is 1.18. The van der Waals surface area contributed by atoms with E-state index in [1.54, 1.807) is 15.9 Å². The summed E-state index contributed by atoms with van der Waals surface area (Å²) in [6.07, 6.45) is 4.19. The standard InChI is InChI=1S/C30H30N6O2S2/c37-25(34-17-15-33(16-18-34)22-11-5-2-6-12-22)20-39-30-32-31-29-35(19-21-9-3-1-4-10-21)27(38)26-23-13-7-8-14-24(23)40-28(26)36(29)30/h1-6,9-12H,7-8,13-20H2. The van der Waals surface area contributed by atoms with Gasteiger partial charge in [-0.15, -0.1) is 21.5 Å². The van der Waals surface area contributed by atoms with E-state index in [1.807, 2.05) is 57.8 Å². The molecule has 10 heteroatoms. The van der Waals surface area contributed by atoms with Gasteiger partial charge in [0.05, 0.1) is 17.7 Å². The Hall–Kier alpha value is -3.63. The summed E-state index contributed by atoms with van der Waals surface area (Å²) in [5.41, 5.74) is 3.43. The highest BCUT2D eigenvalue weighted by molar-refractivity contribution is 7.99. The molecule has 0 atom stereocenters. The molecule has 1 amide bonds. The van der Waals surface area contributed by atoms with Gasteiger partial charge in [0.2, 0.25) is 11.7 Å². The molecule has 1 fully saturated rings. The lowest BCUT2D eigenvalue weighted by atomic mass is 9.97. The van der Waals surface area contributed by atoms with Crippen LogP contribution in [0.1, 0.15) is 28.8 Å². The fourth-order valence-corrected chi connectivity index (χ4v) is 8.12. The second kappa shape index (κ2) is 10.7. The van der Waals surface area contributed by atoms with Crippen LogP contribution >= 0.6 is 23.1 Å². The van der Waals surface area contributed by atoms with Crippen LogP contribution in [0.5, 0.6) is 0 Å². The predicted molar refractivity (Wildman–Crippen MR) is 161 cm³/mol. The molecule has 1 aliphatic carbocycles. The third-order valence-corrected chi connectivity index (χ3v) is 10.1. The monoisotopic (exact) mass is 570 g/mol. The van der Waals surface area contributed by atoms with Crippen molar-refractivity contribution in [1.29, 1.82) is 0 Å². The van der Waals surface area contributed by atoms with Crippen LogP contribution < -0.4 is 10.5 Å². The highest BCUT2D eigenvalue weighted by atomic mass is 32.2. The van der Waals surface area contributed by atoms with Crippen molar-refractivity contribution in [2.75, 3.05) is 36.8 Å². The zero-order valence-corrected chi connectivity index (χ0v) is 23.8. The molecule has 1 aliphatic heterocycles. The van der Waals surface area contributed by atoms with Crippen molar-refractivity contribution in [2.24, 2.45) is 0 Å². The molecular formula is C30H30N6O2S2. The lowest BCUT2D eigenvalue weighted by molar-refractivity contribution is -0.128. The van der Waals surface area contributed by atoms with Gasteiger partial charge >= 0.3 is 0 Å². The molecule has 0 radical (unpaired) electrons. The smallest absolute Gasteiger partial charge is 0.264 e. The molecule has 7 rings (SSSR count). The number of carbonyl (C=O) groups excluding carboxylic acids is 1. The summed E-state index contributed by atoms with van der Waals surface area (Å²) in [5, 5.41) is 10.5. The molecule has 5 aromatic rings.